The van der Waals surface area contributed by atoms with Crippen LogP contribution in [0.1, 0.15) is 16.8 Å². The number of amides is 2. The Hall–Kier alpha value is -1.60. The van der Waals surface area contributed by atoms with Crippen molar-refractivity contribution >= 4 is 33.6 Å². The van der Waals surface area contributed by atoms with Gasteiger partial charge in [-0.25, -0.2) is 9.59 Å². The van der Waals surface area contributed by atoms with Crippen LogP contribution in [0.2, 0.25) is 0 Å². The first-order valence-electron chi connectivity index (χ1n) is 6.24. The maximum Gasteiger partial charge on any atom is 0.335 e. The van der Waals surface area contributed by atoms with Gasteiger partial charge in [0.05, 0.1) is 17.9 Å². The van der Waals surface area contributed by atoms with E-state index in [1.54, 1.807) is 11.0 Å². The first kappa shape index (κ1) is 14.8. The van der Waals surface area contributed by atoms with Crippen LogP contribution in [0, 0.1) is 0 Å². The minimum atomic E-state index is -1.01. The minimum Gasteiger partial charge on any atom is -0.478 e. The quantitative estimate of drug-likeness (QED) is 0.864. The third-order valence-corrected chi connectivity index (χ3v) is 3.62. The fourth-order valence-corrected chi connectivity index (χ4v) is 2.37. The lowest BCUT2D eigenvalue weighted by atomic mass is 10.2. The van der Waals surface area contributed by atoms with Crippen LogP contribution in [-0.2, 0) is 4.74 Å². The largest absolute Gasteiger partial charge is 0.478 e. The summed E-state index contributed by atoms with van der Waals surface area (Å²) in [6.07, 6.45) is 0.812. The van der Waals surface area contributed by atoms with Crippen LogP contribution in [0.5, 0.6) is 0 Å². The molecule has 108 valence electrons. The zero-order valence-corrected chi connectivity index (χ0v) is 12.4. The van der Waals surface area contributed by atoms with Crippen molar-refractivity contribution < 1.29 is 19.4 Å². The maximum absolute atomic E-state index is 12.1. The van der Waals surface area contributed by atoms with Crippen LogP contribution in [0.3, 0.4) is 0 Å². The van der Waals surface area contributed by atoms with Crippen molar-refractivity contribution in [3.63, 3.8) is 0 Å². The summed E-state index contributed by atoms with van der Waals surface area (Å²) in [5.41, 5.74) is 0.711. The van der Waals surface area contributed by atoms with Crippen molar-refractivity contribution in [1.29, 1.82) is 0 Å². The molecule has 2 N–H and O–H groups in total. The minimum absolute atomic E-state index is 0.165. The molecule has 0 saturated carbocycles. The number of benzene rings is 1. The fraction of sp³-hybridized carbons (Fsp3) is 0.385. The lowest BCUT2D eigenvalue weighted by molar-refractivity contribution is 0.0697. The number of carboxylic acid groups (broad SMARTS) is 1. The summed E-state index contributed by atoms with van der Waals surface area (Å²) in [6, 6.07) is 4.27. The molecule has 2 amide bonds. The van der Waals surface area contributed by atoms with Crippen LogP contribution < -0.4 is 5.32 Å². The molecule has 0 radical (unpaired) electrons. The molecule has 1 aromatic carbocycles. The number of carboxylic acids is 1. The summed E-state index contributed by atoms with van der Waals surface area (Å²) >= 11 is 3.26. The van der Waals surface area contributed by atoms with Gasteiger partial charge in [0.15, 0.2) is 0 Å². The van der Waals surface area contributed by atoms with Gasteiger partial charge in [-0.15, -0.1) is 0 Å². The standard InChI is InChI=1S/C13H15BrN2O4/c14-10-8-9(12(17)18)2-3-11(10)15-13(19)16-4-1-6-20-7-5-16/h2-3,8H,1,4-7H2,(H,15,19)(H,17,18). The Morgan fingerprint density at radius 2 is 2.10 bits per heavy atom. The lowest BCUT2D eigenvalue weighted by Gasteiger charge is -2.20. The molecule has 2 rings (SSSR count). The van der Waals surface area contributed by atoms with Crippen molar-refractivity contribution in [3.8, 4) is 0 Å². The van der Waals surface area contributed by atoms with E-state index in [1.165, 1.54) is 12.1 Å². The third-order valence-electron chi connectivity index (χ3n) is 2.97. The predicted octanol–water partition coefficient (Wildman–Crippen LogP) is 2.40. The molecule has 1 heterocycles. The first-order chi connectivity index (χ1) is 9.58. The van der Waals surface area contributed by atoms with Gasteiger partial charge in [-0.2, -0.15) is 0 Å². The number of nitrogens with one attached hydrogen (secondary N) is 1. The number of hydrogen-bond donors (Lipinski definition) is 2. The SMILES string of the molecule is O=C(O)c1ccc(NC(=O)N2CCCOCC2)c(Br)c1. The van der Waals surface area contributed by atoms with E-state index >= 15 is 0 Å². The number of rotatable bonds is 2. The van der Waals surface area contributed by atoms with Crippen molar-refractivity contribution in [1.82, 2.24) is 4.90 Å². The zero-order valence-electron chi connectivity index (χ0n) is 10.8. The topological polar surface area (TPSA) is 78.9 Å². The summed E-state index contributed by atoms with van der Waals surface area (Å²) in [5.74, 6) is -1.01. The van der Waals surface area contributed by atoms with Gasteiger partial charge in [0.1, 0.15) is 0 Å². The summed E-state index contributed by atoms with van der Waals surface area (Å²) in [4.78, 5) is 24.6. The molecule has 0 unspecified atom stereocenters. The van der Waals surface area contributed by atoms with E-state index in [1.807, 2.05) is 0 Å². The van der Waals surface area contributed by atoms with E-state index in [9.17, 15) is 9.59 Å². The Labute approximate surface area is 124 Å². The molecule has 1 aliphatic heterocycles. The van der Waals surface area contributed by atoms with Crippen molar-refractivity contribution in [2.75, 3.05) is 31.6 Å². The number of carbonyl (C=O) groups excluding carboxylic acids is 1. The van der Waals surface area contributed by atoms with Crippen LogP contribution >= 0.6 is 15.9 Å². The molecule has 20 heavy (non-hydrogen) atoms. The molecule has 6 nitrogen and oxygen atoms in total. The number of halogens is 1. The van der Waals surface area contributed by atoms with Crippen LogP contribution in [0.25, 0.3) is 0 Å². The van der Waals surface area contributed by atoms with Crippen molar-refractivity contribution in [3.05, 3.63) is 28.2 Å². The molecule has 1 fully saturated rings. The number of hydrogen-bond acceptors (Lipinski definition) is 3. The molecule has 0 aromatic heterocycles. The predicted molar refractivity (Wildman–Crippen MR) is 77.1 cm³/mol. The van der Waals surface area contributed by atoms with Crippen LogP contribution in [0.4, 0.5) is 10.5 Å². The smallest absolute Gasteiger partial charge is 0.335 e. The summed E-state index contributed by atoms with van der Waals surface area (Å²) in [5, 5.41) is 11.7. The molecular weight excluding hydrogens is 328 g/mol. The van der Waals surface area contributed by atoms with Gasteiger partial charge in [0.2, 0.25) is 0 Å². The lowest BCUT2D eigenvalue weighted by Crippen LogP contribution is -2.36. The van der Waals surface area contributed by atoms with E-state index < -0.39 is 5.97 Å². The highest BCUT2D eigenvalue weighted by Gasteiger charge is 2.17. The van der Waals surface area contributed by atoms with Gasteiger partial charge in [-0.1, -0.05) is 0 Å². The Balaban J connectivity index is 2.05. The Morgan fingerprint density at radius 1 is 1.30 bits per heavy atom. The summed E-state index contributed by atoms with van der Waals surface area (Å²) < 4.78 is 5.83. The van der Waals surface area contributed by atoms with Gasteiger partial charge in [0.25, 0.3) is 0 Å². The summed E-state index contributed by atoms with van der Waals surface area (Å²) in [7, 11) is 0. The summed E-state index contributed by atoms with van der Waals surface area (Å²) in [6.45, 7) is 2.40. The van der Waals surface area contributed by atoms with E-state index in [0.29, 0.717) is 36.5 Å². The highest BCUT2D eigenvalue weighted by atomic mass is 79.9. The van der Waals surface area contributed by atoms with Crippen LogP contribution in [0.15, 0.2) is 22.7 Å². The fourth-order valence-electron chi connectivity index (χ4n) is 1.89. The molecule has 7 heteroatoms. The van der Waals surface area contributed by atoms with Gasteiger partial charge >= 0.3 is 12.0 Å². The van der Waals surface area contributed by atoms with Gasteiger partial charge in [-0.05, 0) is 40.5 Å². The average molecular weight is 343 g/mol. The molecule has 0 aliphatic carbocycles. The second-order valence-corrected chi connectivity index (χ2v) is 5.24. The maximum atomic E-state index is 12.1. The Bertz CT molecular complexity index is 513. The van der Waals surface area contributed by atoms with Gasteiger partial charge < -0.3 is 20.1 Å². The second kappa shape index (κ2) is 6.71. The van der Waals surface area contributed by atoms with E-state index in [4.69, 9.17) is 9.84 Å². The first-order valence-corrected chi connectivity index (χ1v) is 7.04. The molecule has 1 aromatic rings. The number of urea groups is 1. The Morgan fingerprint density at radius 3 is 2.80 bits per heavy atom. The molecule has 1 aliphatic rings. The number of aromatic carboxylic acids is 1. The van der Waals surface area contributed by atoms with Crippen molar-refractivity contribution in [2.24, 2.45) is 0 Å². The molecule has 0 spiro atoms. The number of ether oxygens (including phenoxy) is 1. The van der Waals surface area contributed by atoms with E-state index in [2.05, 4.69) is 21.2 Å². The number of nitrogens with zero attached hydrogens (tertiary/aromatic N) is 1. The Kier molecular flexibility index (Phi) is 4.97. The van der Waals surface area contributed by atoms with Crippen molar-refractivity contribution in [2.45, 2.75) is 6.42 Å². The molecule has 0 bridgehead atoms. The number of anilines is 1. The monoisotopic (exact) mass is 342 g/mol. The van der Waals surface area contributed by atoms with Gasteiger partial charge in [0, 0.05) is 24.2 Å². The van der Waals surface area contributed by atoms with Gasteiger partial charge in [-0.3, -0.25) is 0 Å². The third kappa shape index (κ3) is 3.71. The average Bonchev–Trinajstić information content (AvgIpc) is 2.69. The highest BCUT2D eigenvalue weighted by molar-refractivity contribution is 9.10. The van der Waals surface area contributed by atoms with E-state index in [0.717, 1.165) is 6.42 Å². The molecular formula is C13H15BrN2O4. The molecule has 0 atom stereocenters. The molecule has 1 saturated heterocycles. The number of carbonyl (C=O) groups is 2. The van der Waals surface area contributed by atoms with E-state index in [-0.39, 0.29) is 11.6 Å². The van der Waals surface area contributed by atoms with Crippen LogP contribution in [-0.4, -0.2) is 48.3 Å². The highest BCUT2D eigenvalue weighted by Crippen LogP contribution is 2.24. The normalized spacial score (nSPS) is 15.6. The second-order valence-electron chi connectivity index (χ2n) is 4.38. The zero-order chi connectivity index (χ0) is 14.5.